The number of fused-ring (bicyclic) bond motifs is 2. The van der Waals surface area contributed by atoms with Gasteiger partial charge in [0.15, 0.2) is 0 Å². The van der Waals surface area contributed by atoms with Crippen molar-refractivity contribution in [2.24, 2.45) is 0 Å². The maximum atomic E-state index is 12.6. The van der Waals surface area contributed by atoms with Crippen LogP contribution >= 0.6 is 0 Å². The number of aromatic nitrogens is 5. The number of aryl methyl sites for hydroxylation is 2. The van der Waals surface area contributed by atoms with Gasteiger partial charge in [0.2, 0.25) is 0 Å². The monoisotopic (exact) mass is 354 g/mol. The molecule has 1 N–H and O–H groups in total. The third kappa shape index (κ3) is 3.02. The van der Waals surface area contributed by atoms with Crippen molar-refractivity contribution in [2.45, 2.75) is 51.7 Å². The van der Waals surface area contributed by atoms with Crippen LogP contribution in [0.15, 0.2) is 35.5 Å². The molecule has 8 nitrogen and oxygen atoms in total. The number of pyridine rings is 1. The third-order valence-electron chi connectivity index (χ3n) is 4.85. The first-order chi connectivity index (χ1) is 12.7. The molecule has 4 heterocycles. The van der Waals surface area contributed by atoms with Crippen LogP contribution in [-0.4, -0.2) is 35.7 Å². The van der Waals surface area contributed by atoms with E-state index in [1.165, 1.54) is 0 Å². The Morgan fingerprint density at radius 2 is 2.23 bits per heavy atom. The van der Waals surface area contributed by atoms with Crippen LogP contribution < -0.4 is 11.0 Å². The molecule has 0 fully saturated rings. The molecule has 0 bridgehead atoms. The summed E-state index contributed by atoms with van der Waals surface area (Å²) in [6.07, 6.45) is 8.45. The SMILES string of the molecule is CCCn1nc2n(c1=O)CCC(NC(=O)c1ccn3ccnc3c1)CC2. The number of carbonyl (C=O) groups excluding carboxylic acids is 1. The van der Waals surface area contributed by atoms with E-state index >= 15 is 0 Å². The molecule has 0 radical (unpaired) electrons. The van der Waals surface area contributed by atoms with Gasteiger partial charge in [-0.3, -0.25) is 9.36 Å². The molecule has 1 aliphatic rings. The van der Waals surface area contributed by atoms with Crippen LogP contribution in [0.3, 0.4) is 0 Å². The Morgan fingerprint density at radius 1 is 1.35 bits per heavy atom. The Bertz CT molecular complexity index is 999. The number of amides is 1. The van der Waals surface area contributed by atoms with E-state index in [1.54, 1.807) is 27.6 Å². The van der Waals surface area contributed by atoms with Gasteiger partial charge in [0.25, 0.3) is 5.91 Å². The molecule has 0 saturated heterocycles. The predicted octanol–water partition coefficient (Wildman–Crippen LogP) is 1.24. The first kappa shape index (κ1) is 16.6. The standard InChI is InChI=1S/C18H22N6O2/c1-2-8-24-18(26)23-10-6-14(3-4-15(23)21-24)20-17(25)13-5-9-22-11-7-19-16(22)12-13/h5,7,9,11-12,14H,2-4,6,8,10H2,1H3,(H,20,25). The molecule has 1 unspecified atom stereocenters. The molecule has 0 aromatic carbocycles. The molecular formula is C18H22N6O2. The molecule has 26 heavy (non-hydrogen) atoms. The summed E-state index contributed by atoms with van der Waals surface area (Å²) < 4.78 is 5.16. The zero-order valence-electron chi connectivity index (χ0n) is 14.8. The van der Waals surface area contributed by atoms with E-state index in [1.807, 2.05) is 23.7 Å². The third-order valence-corrected chi connectivity index (χ3v) is 4.85. The lowest BCUT2D eigenvalue weighted by molar-refractivity contribution is 0.0933. The van der Waals surface area contributed by atoms with Gasteiger partial charge in [-0.15, -0.1) is 0 Å². The highest BCUT2D eigenvalue weighted by molar-refractivity contribution is 5.95. The number of nitrogens with one attached hydrogen (secondary N) is 1. The summed E-state index contributed by atoms with van der Waals surface area (Å²) in [4.78, 5) is 29.2. The Kier molecular flexibility index (Phi) is 4.32. The van der Waals surface area contributed by atoms with Crippen LogP contribution in [0.25, 0.3) is 5.65 Å². The molecule has 3 aromatic heterocycles. The summed E-state index contributed by atoms with van der Waals surface area (Å²) in [6, 6.07) is 3.59. The number of imidazole rings is 1. The first-order valence-corrected chi connectivity index (χ1v) is 9.06. The number of rotatable bonds is 4. The number of hydrogen-bond acceptors (Lipinski definition) is 4. The molecular weight excluding hydrogens is 332 g/mol. The summed E-state index contributed by atoms with van der Waals surface area (Å²) in [6.45, 7) is 3.26. The maximum Gasteiger partial charge on any atom is 0.345 e. The number of hydrogen-bond donors (Lipinski definition) is 1. The van der Waals surface area contributed by atoms with E-state index in [4.69, 9.17) is 0 Å². The average Bonchev–Trinajstić information content (AvgIpc) is 3.16. The highest BCUT2D eigenvalue weighted by atomic mass is 16.2. The van der Waals surface area contributed by atoms with Crippen LogP contribution in [-0.2, 0) is 19.5 Å². The predicted molar refractivity (Wildman–Crippen MR) is 96.2 cm³/mol. The molecule has 4 rings (SSSR count). The average molecular weight is 354 g/mol. The van der Waals surface area contributed by atoms with Crippen LogP contribution in [0, 0.1) is 0 Å². The second kappa shape index (κ2) is 6.78. The van der Waals surface area contributed by atoms with Gasteiger partial charge >= 0.3 is 5.69 Å². The largest absolute Gasteiger partial charge is 0.349 e. The quantitative estimate of drug-likeness (QED) is 0.764. The van der Waals surface area contributed by atoms with E-state index in [9.17, 15) is 9.59 Å². The highest BCUT2D eigenvalue weighted by Crippen LogP contribution is 2.13. The lowest BCUT2D eigenvalue weighted by atomic mass is 10.1. The normalized spacial score (nSPS) is 17.0. The van der Waals surface area contributed by atoms with Gasteiger partial charge in [0, 0.05) is 49.7 Å². The Balaban J connectivity index is 1.45. The van der Waals surface area contributed by atoms with Crippen molar-refractivity contribution in [1.29, 1.82) is 0 Å². The van der Waals surface area contributed by atoms with Crippen molar-refractivity contribution in [3.8, 4) is 0 Å². The smallest absolute Gasteiger partial charge is 0.345 e. The lowest BCUT2D eigenvalue weighted by Gasteiger charge is -2.16. The minimum atomic E-state index is -0.108. The lowest BCUT2D eigenvalue weighted by Crippen LogP contribution is -2.35. The second-order valence-electron chi connectivity index (χ2n) is 6.68. The van der Waals surface area contributed by atoms with Crippen molar-refractivity contribution < 1.29 is 4.79 Å². The Hall–Kier alpha value is -2.90. The summed E-state index contributed by atoms with van der Waals surface area (Å²) in [5, 5.41) is 7.53. The molecule has 1 atom stereocenters. The van der Waals surface area contributed by atoms with Gasteiger partial charge in [-0.25, -0.2) is 14.5 Å². The van der Waals surface area contributed by atoms with Crippen LogP contribution in [0.4, 0.5) is 0 Å². The second-order valence-corrected chi connectivity index (χ2v) is 6.68. The fraction of sp³-hybridized carbons (Fsp3) is 0.444. The molecule has 0 aliphatic carbocycles. The van der Waals surface area contributed by atoms with Gasteiger partial charge in [-0.2, -0.15) is 5.10 Å². The van der Waals surface area contributed by atoms with Gasteiger partial charge < -0.3 is 9.72 Å². The van der Waals surface area contributed by atoms with Crippen LogP contribution in [0.5, 0.6) is 0 Å². The summed E-state index contributed by atoms with van der Waals surface area (Å²) in [5.41, 5.74) is 1.30. The van der Waals surface area contributed by atoms with Gasteiger partial charge in [-0.05, 0) is 31.4 Å². The van der Waals surface area contributed by atoms with E-state index in [0.29, 0.717) is 25.1 Å². The fourth-order valence-corrected chi connectivity index (χ4v) is 3.45. The molecule has 3 aromatic rings. The van der Waals surface area contributed by atoms with E-state index in [0.717, 1.165) is 30.7 Å². The number of nitrogens with zero attached hydrogens (tertiary/aromatic N) is 5. The van der Waals surface area contributed by atoms with Gasteiger partial charge in [-0.1, -0.05) is 6.92 Å². The molecule has 8 heteroatoms. The van der Waals surface area contributed by atoms with Crippen molar-refractivity contribution in [1.82, 2.24) is 29.0 Å². The Labute approximate surface area is 150 Å². The zero-order valence-corrected chi connectivity index (χ0v) is 14.8. The number of carbonyl (C=O) groups is 1. The zero-order chi connectivity index (χ0) is 18.1. The van der Waals surface area contributed by atoms with Crippen molar-refractivity contribution in [2.75, 3.05) is 0 Å². The molecule has 0 saturated carbocycles. The van der Waals surface area contributed by atoms with E-state index in [-0.39, 0.29) is 17.6 Å². The summed E-state index contributed by atoms with van der Waals surface area (Å²) in [7, 11) is 0. The van der Waals surface area contributed by atoms with Crippen molar-refractivity contribution >= 4 is 11.6 Å². The van der Waals surface area contributed by atoms with E-state index < -0.39 is 0 Å². The van der Waals surface area contributed by atoms with Crippen molar-refractivity contribution in [3.63, 3.8) is 0 Å². The minimum Gasteiger partial charge on any atom is -0.349 e. The highest BCUT2D eigenvalue weighted by Gasteiger charge is 2.22. The topological polar surface area (TPSA) is 86.2 Å². The van der Waals surface area contributed by atoms with Gasteiger partial charge in [0.1, 0.15) is 11.5 Å². The molecule has 1 amide bonds. The van der Waals surface area contributed by atoms with Gasteiger partial charge in [0.05, 0.1) is 0 Å². The van der Waals surface area contributed by atoms with Crippen molar-refractivity contribution in [3.05, 3.63) is 52.6 Å². The minimum absolute atomic E-state index is 0.0270. The van der Waals surface area contributed by atoms with Crippen LogP contribution in [0.2, 0.25) is 0 Å². The molecule has 0 spiro atoms. The molecule has 136 valence electrons. The molecule has 1 aliphatic heterocycles. The van der Waals surface area contributed by atoms with Crippen LogP contribution in [0.1, 0.15) is 42.4 Å². The summed E-state index contributed by atoms with van der Waals surface area (Å²) >= 11 is 0. The maximum absolute atomic E-state index is 12.6. The first-order valence-electron chi connectivity index (χ1n) is 9.06. The fourth-order valence-electron chi connectivity index (χ4n) is 3.45. The Morgan fingerprint density at radius 3 is 3.08 bits per heavy atom. The summed E-state index contributed by atoms with van der Waals surface area (Å²) in [5.74, 6) is 0.711. The van der Waals surface area contributed by atoms with E-state index in [2.05, 4.69) is 15.4 Å².